The number of aliphatic hydroxyl groups is 1. The summed E-state index contributed by atoms with van der Waals surface area (Å²) in [6.07, 6.45) is 2.88. The van der Waals surface area contributed by atoms with E-state index in [1.54, 1.807) is 0 Å². The molecule has 1 aliphatic heterocycles. The van der Waals surface area contributed by atoms with Gasteiger partial charge in [-0.15, -0.1) is 0 Å². The standard InChI is InChI=1S/C13H22ClNO2/c1-3-17-12-8-11(16)13(12)4-6-15(7-5-13)9-10(2)14/h11-12,16H,2-9H2,1H3/t11-,12-/m0/s1. The largest absolute Gasteiger partial charge is 0.392 e. The molecule has 0 aromatic carbocycles. The Bertz CT molecular complexity index is 285. The van der Waals surface area contributed by atoms with E-state index >= 15 is 0 Å². The van der Waals surface area contributed by atoms with E-state index in [0.717, 1.165) is 45.5 Å². The molecule has 0 aromatic heterocycles. The zero-order valence-corrected chi connectivity index (χ0v) is 11.2. The Morgan fingerprint density at radius 1 is 1.53 bits per heavy atom. The second kappa shape index (κ2) is 5.27. The van der Waals surface area contributed by atoms with Crippen LogP contribution in [-0.2, 0) is 4.74 Å². The lowest BCUT2D eigenvalue weighted by Crippen LogP contribution is -2.62. The Labute approximate surface area is 108 Å². The van der Waals surface area contributed by atoms with Crippen molar-refractivity contribution in [3.63, 3.8) is 0 Å². The Kier molecular flexibility index (Phi) is 4.14. The van der Waals surface area contributed by atoms with Crippen molar-refractivity contribution in [2.75, 3.05) is 26.2 Å². The van der Waals surface area contributed by atoms with Crippen molar-refractivity contribution in [3.8, 4) is 0 Å². The van der Waals surface area contributed by atoms with E-state index in [0.29, 0.717) is 5.03 Å². The minimum absolute atomic E-state index is 0.0140. The third kappa shape index (κ3) is 2.53. The van der Waals surface area contributed by atoms with Gasteiger partial charge >= 0.3 is 0 Å². The van der Waals surface area contributed by atoms with Gasteiger partial charge in [-0.1, -0.05) is 18.2 Å². The minimum Gasteiger partial charge on any atom is -0.392 e. The molecule has 1 spiro atoms. The van der Waals surface area contributed by atoms with Crippen LogP contribution in [0.25, 0.3) is 0 Å². The van der Waals surface area contributed by atoms with E-state index in [2.05, 4.69) is 11.5 Å². The lowest BCUT2D eigenvalue weighted by atomic mass is 9.58. The maximum atomic E-state index is 10.0. The highest BCUT2D eigenvalue weighted by atomic mass is 35.5. The number of piperidine rings is 1. The van der Waals surface area contributed by atoms with Crippen molar-refractivity contribution < 1.29 is 9.84 Å². The van der Waals surface area contributed by atoms with Gasteiger partial charge in [-0.2, -0.15) is 0 Å². The number of aliphatic hydroxyl groups excluding tert-OH is 1. The number of ether oxygens (including phenoxy) is 1. The van der Waals surface area contributed by atoms with Gasteiger partial charge in [0.15, 0.2) is 0 Å². The molecule has 98 valence electrons. The van der Waals surface area contributed by atoms with Crippen LogP contribution in [0.5, 0.6) is 0 Å². The van der Waals surface area contributed by atoms with Crippen LogP contribution in [0.15, 0.2) is 11.6 Å². The average Bonchev–Trinajstić information content (AvgIpc) is 2.29. The summed E-state index contributed by atoms with van der Waals surface area (Å²) in [5.41, 5.74) is 0.0140. The van der Waals surface area contributed by atoms with Crippen molar-refractivity contribution in [2.24, 2.45) is 5.41 Å². The fraction of sp³-hybridized carbons (Fsp3) is 0.846. The number of likely N-dealkylation sites (tertiary alicyclic amines) is 1. The van der Waals surface area contributed by atoms with Crippen LogP contribution >= 0.6 is 11.6 Å². The van der Waals surface area contributed by atoms with Gasteiger partial charge in [0.1, 0.15) is 0 Å². The first kappa shape index (κ1) is 13.3. The van der Waals surface area contributed by atoms with Gasteiger partial charge in [-0.05, 0) is 32.9 Å². The average molecular weight is 260 g/mol. The van der Waals surface area contributed by atoms with Gasteiger partial charge in [0, 0.05) is 30.0 Å². The Balaban J connectivity index is 1.90. The maximum Gasteiger partial charge on any atom is 0.0681 e. The molecule has 4 heteroatoms. The zero-order valence-electron chi connectivity index (χ0n) is 10.5. The summed E-state index contributed by atoms with van der Waals surface area (Å²) < 4.78 is 5.74. The first-order valence-corrected chi connectivity index (χ1v) is 6.81. The zero-order chi connectivity index (χ0) is 12.5. The highest BCUT2D eigenvalue weighted by molar-refractivity contribution is 6.29. The predicted octanol–water partition coefficient (Wildman–Crippen LogP) is 1.99. The fourth-order valence-electron chi connectivity index (χ4n) is 3.19. The molecule has 1 aliphatic carbocycles. The summed E-state index contributed by atoms with van der Waals surface area (Å²) in [7, 11) is 0. The third-order valence-corrected chi connectivity index (χ3v) is 4.41. The van der Waals surface area contributed by atoms with Crippen LogP contribution in [0.1, 0.15) is 26.2 Å². The quantitative estimate of drug-likeness (QED) is 0.838. The van der Waals surface area contributed by atoms with E-state index in [1.165, 1.54) is 0 Å². The van der Waals surface area contributed by atoms with E-state index in [4.69, 9.17) is 16.3 Å². The molecule has 1 N–H and O–H groups in total. The number of hydrogen-bond acceptors (Lipinski definition) is 3. The summed E-state index contributed by atoms with van der Waals surface area (Å²) in [6.45, 7) is 9.20. The smallest absolute Gasteiger partial charge is 0.0681 e. The van der Waals surface area contributed by atoms with Crippen LogP contribution in [0.3, 0.4) is 0 Å². The Morgan fingerprint density at radius 2 is 2.18 bits per heavy atom. The molecule has 17 heavy (non-hydrogen) atoms. The number of nitrogens with zero attached hydrogens (tertiary/aromatic N) is 1. The number of rotatable bonds is 4. The second-order valence-electron chi connectivity index (χ2n) is 5.22. The summed E-state index contributed by atoms with van der Waals surface area (Å²) in [4.78, 5) is 2.30. The van der Waals surface area contributed by atoms with E-state index < -0.39 is 0 Å². The molecule has 0 radical (unpaired) electrons. The molecule has 1 saturated carbocycles. The van der Waals surface area contributed by atoms with Gasteiger partial charge in [0.2, 0.25) is 0 Å². The Morgan fingerprint density at radius 3 is 2.65 bits per heavy atom. The molecule has 3 nitrogen and oxygen atoms in total. The molecule has 0 amide bonds. The molecule has 0 unspecified atom stereocenters. The normalized spacial score (nSPS) is 32.4. The van der Waals surface area contributed by atoms with E-state index in [9.17, 15) is 5.11 Å². The lowest BCUT2D eigenvalue weighted by molar-refractivity contribution is -0.209. The minimum atomic E-state index is -0.180. The summed E-state index contributed by atoms with van der Waals surface area (Å²) >= 11 is 5.83. The van der Waals surface area contributed by atoms with E-state index in [1.807, 2.05) is 6.92 Å². The van der Waals surface area contributed by atoms with Gasteiger partial charge < -0.3 is 9.84 Å². The first-order chi connectivity index (χ1) is 8.08. The van der Waals surface area contributed by atoms with Gasteiger partial charge in [-0.25, -0.2) is 0 Å². The monoisotopic (exact) mass is 259 g/mol. The summed E-state index contributed by atoms with van der Waals surface area (Å²) in [6, 6.07) is 0. The SMILES string of the molecule is C=C(Cl)CN1CCC2(CC1)[C@@H](OCC)C[C@@H]2O. The molecule has 2 rings (SSSR count). The molecule has 1 heterocycles. The van der Waals surface area contributed by atoms with Gasteiger partial charge in [-0.3, -0.25) is 4.90 Å². The van der Waals surface area contributed by atoms with Crippen molar-refractivity contribution >= 4 is 11.6 Å². The van der Waals surface area contributed by atoms with Crippen molar-refractivity contribution in [1.29, 1.82) is 0 Å². The van der Waals surface area contributed by atoms with E-state index in [-0.39, 0.29) is 17.6 Å². The van der Waals surface area contributed by atoms with Crippen molar-refractivity contribution in [1.82, 2.24) is 4.90 Å². The Hall–Kier alpha value is -0.0900. The van der Waals surface area contributed by atoms with Crippen LogP contribution in [-0.4, -0.2) is 48.5 Å². The molecule has 2 aliphatic rings. The highest BCUT2D eigenvalue weighted by Crippen LogP contribution is 2.50. The van der Waals surface area contributed by atoms with Crippen molar-refractivity contribution in [3.05, 3.63) is 11.6 Å². The van der Waals surface area contributed by atoms with Crippen LogP contribution in [0.4, 0.5) is 0 Å². The highest BCUT2D eigenvalue weighted by Gasteiger charge is 2.55. The first-order valence-electron chi connectivity index (χ1n) is 6.44. The predicted molar refractivity (Wildman–Crippen MR) is 69.1 cm³/mol. The third-order valence-electron chi connectivity index (χ3n) is 4.29. The molecule has 2 atom stereocenters. The summed E-state index contributed by atoms with van der Waals surface area (Å²) in [5.74, 6) is 0. The van der Waals surface area contributed by atoms with Crippen LogP contribution in [0.2, 0.25) is 0 Å². The molecule has 0 aromatic rings. The molecule has 2 fully saturated rings. The topological polar surface area (TPSA) is 32.7 Å². The molecule has 1 saturated heterocycles. The fourth-order valence-corrected chi connectivity index (χ4v) is 3.36. The lowest BCUT2D eigenvalue weighted by Gasteiger charge is -2.56. The molecular weight excluding hydrogens is 238 g/mol. The summed E-state index contributed by atoms with van der Waals surface area (Å²) in [5, 5.41) is 10.7. The van der Waals surface area contributed by atoms with Gasteiger partial charge in [0.25, 0.3) is 0 Å². The second-order valence-corrected chi connectivity index (χ2v) is 5.76. The maximum absolute atomic E-state index is 10.0. The van der Waals surface area contributed by atoms with Crippen LogP contribution < -0.4 is 0 Å². The number of hydrogen-bond donors (Lipinski definition) is 1. The van der Waals surface area contributed by atoms with Crippen molar-refractivity contribution in [2.45, 2.75) is 38.4 Å². The number of halogens is 1. The molecular formula is C13H22ClNO2. The van der Waals surface area contributed by atoms with Gasteiger partial charge in [0.05, 0.1) is 12.2 Å². The van der Waals surface area contributed by atoms with Crippen LogP contribution in [0, 0.1) is 5.41 Å². The molecule has 0 bridgehead atoms.